The number of alkyl halides is 6. The van der Waals surface area contributed by atoms with E-state index in [4.69, 9.17) is 10.5 Å². The first-order valence-electron chi connectivity index (χ1n) is 11.8. The van der Waals surface area contributed by atoms with Crippen LogP contribution < -0.4 is 11.2 Å². The maximum absolute atomic E-state index is 13.2. The molecule has 1 fully saturated rings. The molecule has 0 spiro atoms. The van der Waals surface area contributed by atoms with Gasteiger partial charge >= 0.3 is 18.4 Å². The second-order valence-electron chi connectivity index (χ2n) is 8.97. The van der Waals surface area contributed by atoms with E-state index in [9.17, 15) is 35.9 Å². The lowest BCUT2D eigenvalue weighted by atomic mass is 9.94. The molecular formula is C25H27F6N5O4. The van der Waals surface area contributed by atoms with Gasteiger partial charge in [0.05, 0.1) is 56.6 Å². The number of hydrogen-bond acceptors (Lipinski definition) is 6. The Morgan fingerprint density at radius 2 is 1.68 bits per heavy atom. The molecule has 2 aromatic carbocycles. The van der Waals surface area contributed by atoms with Gasteiger partial charge in [-0.1, -0.05) is 30.3 Å². The van der Waals surface area contributed by atoms with E-state index < -0.39 is 48.3 Å². The summed E-state index contributed by atoms with van der Waals surface area (Å²) in [7, 11) is 2.66. The zero-order valence-electron chi connectivity index (χ0n) is 21.4. The van der Waals surface area contributed by atoms with Crippen molar-refractivity contribution in [3.63, 3.8) is 0 Å². The minimum Gasteiger partial charge on any atom is -0.452 e. The second kappa shape index (κ2) is 12.6. The maximum atomic E-state index is 13.2. The van der Waals surface area contributed by atoms with Gasteiger partial charge in [0.15, 0.2) is 0 Å². The van der Waals surface area contributed by atoms with E-state index in [0.717, 1.165) is 12.7 Å². The van der Waals surface area contributed by atoms with Crippen molar-refractivity contribution >= 4 is 17.8 Å². The Morgan fingerprint density at radius 3 is 2.23 bits per heavy atom. The Hall–Kier alpha value is -3.85. The van der Waals surface area contributed by atoms with Crippen molar-refractivity contribution in [1.82, 2.24) is 15.2 Å². The molecule has 0 unspecified atom stereocenters. The number of nitrogens with zero attached hydrogens (tertiary/aromatic N) is 3. The number of nitrogens with two attached hydrogens (primary N) is 1. The summed E-state index contributed by atoms with van der Waals surface area (Å²) in [6.07, 6.45) is -10.8. The molecule has 3 N–H and O–H groups in total. The third kappa shape index (κ3) is 7.85. The summed E-state index contributed by atoms with van der Waals surface area (Å²) >= 11 is 0. The first kappa shape index (κ1) is 30.7. The molecule has 0 radical (unpaired) electrons. The van der Waals surface area contributed by atoms with Crippen LogP contribution in [0.15, 0.2) is 53.6 Å². The maximum Gasteiger partial charge on any atom is 0.427 e. The predicted octanol–water partition coefficient (Wildman–Crippen LogP) is 3.75. The number of amides is 2. The van der Waals surface area contributed by atoms with Crippen molar-refractivity contribution in [2.45, 2.75) is 31.0 Å². The highest BCUT2D eigenvalue weighted by atomic mass is 19.4. The van der Waals surface area contributed by atoms with Crippen molar-refractivity contribution in [3.05, 3.63) is 70.8 Å². The van der Waals surface area contributed by atoms with Gasteiger partial charge in [-0.05, 0) is 29.3 Å². The van der Waals surface area contributed by atoms with Gasteiger partial charge in [-0.2, -0.15) is 31.4 Å². The van der Waals surface area contributed by atoms with Gasteiger partial charge < -0.3 is 20.1 Å². The second-order valence-corrected chi connectivity index (χ2v) is 8.97. The van der Waals surface area contributed by atoms with Crippen molar-refractivity contribution in [2.24, 2.45) is 10.8 Å². The van der Waals surface area contributed by atoms with Gasteiger partial charge in [0, 0.05) is 7.05 Å². The minimum absolute atomic E-state index is 0.0431. The quantitative estimate of drug-likeness (QED) is 0.215. The van der Waals surface area contributed by atoms with Crippen LogP contribution >= 0.6 is 0 Å². The molecule has 1 saturated heterocycles. The van der Waals surface area contributed by atoms with Gasteiger partial charge in [0.2, 0.25) is 5.91 Å². The third-order valence-electron chi connectivity index (χ3n) is 6.17. The Morgan fingerprint density at radius 1 is 1.07 bits per heavy atom. The molecule has 2 aromatic rings. The molecule has 40 heavy (non-hydrogen) atoms. The number of carbonyl (C=O) groups is 2. The molecule has 15 heteroatoms. The fourth-order valence-electron chi connectivity index (χ4n) is 4.27. The number of nitrogens with one attached hydrogen (secondary N) is 1. The molecule has 2 amide bonds. The lowest BCUT2D eigenvalue weighted by molar-refractivity contribution is -0.145. The van der Waals surface area contributed by atoms with E-state index in [1.165, 1.54) is 11.9 Å². The summed E-state index contributed by atoms with van der Waals surface area (Å²) in [5.74, 6) is -0.389. The van der Waals surface area contributed by atoms with Crippen molar-refractivity contribution in [1.29, 1.82) is 0 Å². The lowest BCUT2D eigenvalue weighted by Gasteiger charge is -2.46. The highest BCUT2D eigenvalue weighted by Crippen LogP contribution is 2.37. The topological polar surface area (TPSA) is 109 Å². The molecule has 3 rings (SSSR count). The number of carbonyl (C=O) groups excluding carboxylic acids is 2. The molecule has 0 aliphatic carbocycles. The van der Waals surface area contributed by atoms with Crippen LogP contribution in [-0.4, -0.2) is 67.5 Å². The molecule has 1 aliphatic rings. The number of hydrazone groups is 1. The Bertz CT molecular complexity index is 1190. The molecule has 0 bridgehead atoms. The zero-order chi connectivity index (χ0) is 29.7. The van der Waals surface area contributed by atoms with Crippen LogP contribution in [0.3, 0.4) is 0 Å². The number of methoxy groups -OCH3 is 1. The Balaban J connectivity index is 1.86. The molecular weight excluding hydrogens is 548 g/mol. The number of hydrogen-bond donors (Lipinski definition) is 2. The highest BCUT2D eigenvalue weighted by molar-refractivity contribution is 5.85. The van der Waals surface area contributed by atoms with E-state index in [1.54, 1.807) is 35.2 Å². The van der Waals surface area contributed by atoms with Crippen LogP contribution in [0, 0.1) is 0 Å². The first-order chi connectivity index (χ1) is 18.7. The molecule has 0 saturated carbocycles. The summed E-state index contributed by atoms with van der Waals surface area (Å²) < 4.78 is 89.5. The largest absolute Gasteiger partial charge is 0.452 e. The molecule has 218 valence electrons. The monoisotopic (exact) mass is 575 g/mol. The summed E-state index contributed by atoms with van der Waals surface area (Å²) in [5.41, 5.74) is 5.54. The molecule has 1 aliphatic heterocycles. The van der Waals surface area contributed by atoms with Crippen LogP contribution in [0.25, 0.3) is 0 Å². The predicted molar refractivity (Wildman–Crippen MR) is 131 cm³/mol. The van der Waals surface area contributed by atoms with Gasteiger partial charge in [0.1, 0.15) is 5.84 Å². The number of piperazine rings is 1. The van der Waals surface area contributed by atoms with Crippen LogP contribution in [-0.2, 0) is 33.2 Å². The molecule has 0 aromatic heterocycles. The van der Waals surface area contributed by atoms with Crippen molar-refractivity contribution < 1.29 is 45.4 Å². The van der Waals surface area contributed by atoms with Crippen LogP contribution in [0.2, 0.25) is 0 Å². The van der Waals surface area contributed by atoms with Gasteiger partial charge in [-0.3, -0.25) is 9.69 Å². The van der Waals surface area contributed by atoms with Crippen molar-refractivity contribution in [3.8, 4) is 0 Å². The van der Waals surface area contributed by atoms with E-state index in [0.29, 0.717) is 12.1 Å². The van der Waals surface area contributed by atoms with Crippen LogP contribution in [0.1, 0.15) is 28.3 Å². The van der Waals surface area contributed by atoms with Crippen LogP contribution in [0.4, 0.5) is 31.1 Å². The normalized spacial score (nSPS) is 19.1. The number of amidine groups is 1. The fraction of sp³-hybridized carbons (Fsp3) is 0.400. The number of rotatable bonds is 8. The van der Waals surface area contributed by atoms with E-state index in [2.05, 4.69) is 15.3 Å². The van der Waals surface area contributed by atoms with Gasteiger partial charge in [0.25, 0.3) is 0 Å². The summed E-state index contributed by atoms with van der Waals surface area (Å²) in [5, 5.41) is 3.73. The molecule has 1 heterocycles. The first-order valence-corrected chi connectivity index (χ1v) is 11.8. The van der Waals surface area contributed by atoms with Gasteiger partial charge in [-0.15, -0.1) is 0 Å². The fourth-order valence-corrected chi connectivity index (χ4v) is 4.27. The molecule has 2 atom stereocenters. The summed E-state index contributed by atoms with van der Waals surface area (Å²) in [4.78, 5) is 27.2. The van der Waals surface area contributed by atoms with Crippen LogP contribution in [0.5, 0.6) is 0 Å². The van der Waals surface area contributed by atoms with Gasteiger partial charge in [-0.25, -0.2) is 10.2 Å². The standard InChI is InChI=1S/C25H27F6N5O4/c1-35-19(14-40-13-15-8-17(24(26,27)28)10-18(9-15)25(29,30)31)22(16-6-4-3-5-7-16)36(12-21(35)37)11-20(32)33-34-23(38)39-2/h3-10,19,22H,11-14H2,1-2H3,(H2,32,33)(H,34,38)/t19-,22+/m1/s1. The summed E-state index contributed by atoms with van der Waals surface area (Å²) in [6.45, 7) is -0.959. The van der Waals surface area contributed by atoms with E-state index in [1.807, 2.05) is 0 Å². The number of likely N-dealkylation sites (N-methyl/N-ethyl adjacent to an activating group) is 1. The number of benzene rings is 2. The number of ether oxygens (including phenoxy) is 2. The van der Waals surface area contributed by atoms with E-state index in [-0.39, 0.29) is 43.1 Å². The zero-order valence-corrected chi connectivity index (χ0v) is 21.4. The SMILES string of the molecule is COC(=O)NN=C(N)CN1CC(=O)N(C)[C@H](COCc2cc(C(F)(F)F)cc(C(F)(F)F)c2)[C@@H]1c1ccccc1. The average molecular weight is 576 g/mol. The minimum atomic E-state index is -4.99. The Labute approximate surface area is 225 Å². The van der Waals surface area contributed by atoms with Crippen molar-refractivity contribution in [2.75, 3.05) is 33.9 Å². The number of halogens is 6. The third-order valence-corrected chi connectivity index (χ3v) is 6.17. The summed E-state index contributed by atoms with van der Waals surface area (Å²) in [6, 6.07) is 8.85. The highest BCUT2D eigenvalue weighted by Gasteiger charge is 2.41. The molecule has 9 nitrogen and oxygen atoms in total. The van der Waals surface area contributed by atoms with E-state index >= 15 is 0 Å². The Kier molecular flexibility index (Phi) is 9.63. The average Bonchev–Trinajstić information content (AvgIpc) is 2.89. The lowest BCUT2D eigenvalue weighted by Crippen LogP contribution is -2.59. The smallest absolute Gasteiger partial charge is 0.427 e.